The molecule has 14 heteroatoms. The van der Waals surface area contributed by atoms with Crippen molar-refractivity contribution in [2.45, 2.75) is 148 Å². The molecule has 0 aliphatic carbocycles. The SMILES string of the molecule is CCCCNC(=O)COCCOCCNC(=O)COCCOCCNC(=O)CC[C@@H](C)NC(=O)CCCCCCCCCCCCCCCCC(=O)O. The van der Waals surface area contributed by atoms with Gasteiger partial charge in [-0.05, 0) is 32.6 Å². The molecule has 4 amide bonds. The average Bonchev–Trinajstić information content (AvgIpc) is 3.12. The van der Waals surface area contributed by atoms with Crippen LogP contribution in [0, 0.1) is 0 Å². The zero-order valence-corrected chi connectivity index (χ0v) is 33.1. The molecule has 1 atom stereocenters. The lowest BCUT2D eigenvalue weighted by Crippen LogP contribution is -2.34. The number of nitrogens with one attached hydrogen (secondary N) is 4. The maximum atomic E-state index is 12.3. The van der Waals surface area contributed by atoms with Crippen LogP contribution in [0.3, 0.4) is 0 Å². The molecule has 0 rings (SSSR count). The van der Waals surface area contributed by atoms with E-state index in [1.54, 1.807) is 0 Å². The van der Waals surface area contributed by atoms with Gasteiger partial charge in [0.05, 0.1) is 39.6 Å². The summed E-state index contributed by atoms with van der Waals surface area (Å²) in [4.78, 5) is 58.2. The molecular weight excluding hydrogens is 684 g/mol. The highest BCUT2D eigenvalue weighted by atomic mass is 16.5. The third kappa shape index (κ3) is 40.2. The van der Waals surface area contributed by atoms with E-state index in [-0.39, 0.29) is 49.5 Å². The van der Waals surface area contributed by atoms with E-state index in [0.717, 1.165) is 51.4 Å². The molecule has 0 aromatic rings. The normalized spacial score (nSPS) is 11.6. The minimum absolute atomic E-state index is 0.00864. The van der Waals surface area contributed by atoms with Crippen molar-refractivity contribution in [1.29, 1.82) is 0 Å². The van der Waals surface area contributed by atoms with Crippen LogP contribution in [0.2, 0.25) is 0 Å². The third-order valence-corrected chi connectivity index (χ3v) is 8.46. The van der Waals surface area contributed by atoms with Crippen LogP contribution in [0.5, 0.6) is 0 Å². The van der Waals surface area contributed by atoms with Crippen molar-refractivity contribution in [3.63, 3.8) is 0 Å². The molecule has 0 aliphatic rings. The van der Waals surface area contributed by atoms with Crippen molar-refractivity contribution in [2.24, 2.45) is 0 Å². The smallest absolute Gasteiger partial charge is 0.303 e. The van der Waals surface area contributed by atoms with Crippen molar-refractivity contribution in [1.82, 2.24) is 21.3 Å². The summed E-state index contributed by atoms with van der Waals surface area (Å²) in [5, 5.41) is 19.9. The minimum atomic E-state index is -0.694. The molecule has 5 N–H and O–H groups in total. The first-order valence-electron chi connectivity index (χ1n) is 20.4. The van der Waals surface area contributed by atoms with Crippen LogP contribution >= 0.6 is 0 Å². The molecule has 14 nitrogen and oxygen atoms in total. The molecule has 0 aromatic heterocycles. The van der Waals surface area contributed by atoms with Crippen molar-refractivity contribution < 1.29 is 48.0 Å². The second-order valence-corrected chi connectivity index (χ2v) is 13.6. The molecule has 0 bridgehead atoms. The maximum absolute atomic E-state index is 12.3. The summed E-state index contributed by atoms with van der Waals surface area (Å²) in [6, 6.07) is -0.0661. The third-order valence-electron chi connectivity index (χ3n) is 8.46. The molecule has 310 valence electrons. The topological polar surface area (TPSA) is 191 Å². The van der Waals surface area contributed by atoms with E-state index in [2.05, 4.69) is 28.2 Å². The van der Waals surface area contributed by atoms with Gasteiger partial charge in [-0.25, -0.2) is 0 Å². The van der Waals surface area contributed by atoms with Crippen LogP contribution in [-0.4, -0.2) is 113 Å². The van der Waals surface area contributed by atoms with Crippen molar-refractivity contribution >= 4 is 29.6 Å². The van der Waals surface area contributed by atoms with Gasteiger partial charge in [0, 0.05) is 44.9 Å². The first-order valence-corrected chi connectivity index (χ1v) is 20.4. The average molecular weight is 759 g/mol. The number of carboxylic acids is 1. The van der Waals surface area contributed by atoms with Crippen LogP contribution in [0.25, 0.3) is 0 Å². The van der Waals surface area contributed by atoms with Gasteiger partial charge in [0.1, 0.15) is 13.2 Å². The Labute approximate surface area is 319 Å². The molecule has 0 saturated carbocycles. The summed E-state index contributed by atoms with van der Waals surface area (Å²) in [7, 11) is 0. The Bertz CT molecular complexity index is 925. The number of carbonyl (C=O) groups is 5. The Hall–Kier alpha value is -2.81. The number of unbranched alkanes of at least 4 members (excludes halogenated alkanes) is 14. The largest absolute Gasteiger partial charge is 0.481 e. The number of rotatable bonds is 40. The molecule has 53 heavy (non-hydrogen) atoms. The molecule has 0 aromatic carbocycles. The minimum Gasteiger partial charge on any atom is -0.481 e. The van der Waals surface area contributed by atoms with Gasteiger partial charge in [-0.2, -0.15) is 0 Å². The zero-order valence-electron chi connectivity index (χ0n) is 33.1. The van der Waals surface area contributed by atoms with Crippen LogP contribution in [0.15, 0.2) is 0 Å². The van der Waals surface area contributed by atoms with Crippen LogP contribution in [0.4, 0.5) is 0 Å². The van der Waals surface area contributed by atoms with Gasteiger partial charge in [-0.3, -0.25) is 24.0 Å². The highest BCUT2D eigenvalue weighted by Gasteiger charge is 2.10. The predicted molar refractivity (Wildman–Crippen MR) is 206 cm³/mol. The summed E-state index contributed by atoms with van der Waals surface area (Å²) < 4.78 is 21.3. The first kappa shape index (κ1) is 50.2. The summed E-state index contributed by atoms with van der Waals surface area (Å²) in [5.74, 6) is -1.13. The standard InChI is InChI=1S/C39H74N4O10/c1-3-4-23-40-37(46)32-52-30-29-51-27-25-42-38(47)33-53-31-28-50-26-24-41-35(44)22-21-34(2)43-36(45)19-17-15-13-11-9-7-5-6-8-10-12-14-16-18-20-39(48)49/h34H,3-33H2,1-2H3,(H,40,46)(H,41,44)(H,42,47)(H,43,45)(H,48,49)/t34-/m1/s1. The van der Waals surface area contributed by atoms with Gasteiger partial charge < -0.3 is 45.3 Å². The second kappa shape index (κ2) is 38.9. The molecular formula is C39H74N4O10. The van der Waals surface area contributed by atoms with E-state index in [9.17, 15) is 24.0 Å². The lowest BCUT2D eigenvalue weighted by Gasteiger charge is -2.14. The van der Waals surface area contributed by atoms with Crippen molar-refractivity contribution in [2.75, 3.05) is 72.5 Å². The number of amides is 4. The summed E-state index contributed by atoms with van der Waals surface area (Å²) in [6.45, 7) is 7.10. The monoisotopic (exact) mass is 759 g/mol. The van der Waals surface area contributed by atoms with Gasteiger partial charge in [0.15, 0.2) is 0 Å². The van der Waals surface area contributed by atoms with Crippen LogP contribution < -0.4 is 21.3 Å². The number of hydrogen-bond acceptors (Lipinski definition) is 9. The first-order chi connectivity index (χ1) is 25.7. The lowest BCUT2D eigenvalue weighted by atomic mass is 10.0. The van der Waals surface area contributed by atoms with Gasteiger partial charge >= 0.3 is 5.97 Å². The molecule has 0 heterocycles. The Kier molecular flexibility index (Phi) is 36.8. The quantitative estimate of drug-likeness (QED) is 0.0542. The number of carbonyl (C=O) groups excluding carboxylic acids is 4. The van der Waals surface area contributed by atoms with Gasteiger partial charge in [-0.1, -0.05) is 90.4 Å². The molecule has 0 spiro atoms. The van der Waals surface area contributed by atoms with E-state index in [1.807, 2.05) is 6.92 Å². The molecule has 0 radical (unpaired) electrons. The molecule has 0 unspecified atom stereocenters. The Balaban J connectivity index is 3.46. The summed E-state index contributed by atoms with van der Waals surface area (Å²) in [6.07, 6.45) is 19.8. The lowest BCUT2D eigenvalue weighted by molar-refractivity contribution is -0.137. The predicted octanol–water partition coefficient (Wildman–Crippen LogP) is 4.81. The van der Waals surface area contributed by atoms with E-state index >= 15 is 0 Å². The Morgan fingerprint density at radius 2 is 0.887 bits per heavy atom. The Morgan fingerprint density at radius 3 is 1.36 bits per heavy atom. The summed E-state index contributed by atoms with van der Waals surface area (Å²) in [5.41, 5.74) is 0. The zero-order chi connectivity index (χ0) is 39.0. The fraction of sp³-hybridized carbons (Fsp3) is 0.872. The van der Waals surface area contributed by atoms with E-state index in [0.29, 0.717) is 78.4 Å². The van der Waals surface area contributed by atoms with Crippen LogP contribution in [-0.2, 0) is 42.9 Å². The number of aliphatic carboxylic acids is 1. The Morgan fingerprint density at radius 1 is 0.472 bits per heavy atom. The number of hydrogen-bond donors (Lipinski definition) is 5. The van der Waals surface area contributed by atoms with Crippen molar-refractivity contribution in [3.05, 3.63) is 0 Å². The molecule has 0 saturated heterocycles. The number of ether oxygens (including phenoxy) is 4. The number of carboxylic acid groups (broad SMARTS) is 1. The van der Waals surface area contributed by atoms with E-state index in [4.69, 9.17) is 24.1 Å². The highest BCUT2D eigenvalue weighted by molar-refractivity contribution is 5.78. The van der Waals surface area contributed by atoms with Crippen molar-refractivity contribution in [3.8, 4) is 0 Å². The highest BCUT2D eigenvalue weighted by Crippen LogP contribution is 2.14. The van der Waals surface area contributed by atoms with E-state index < -0.39 is 5.97 Å². The molecule has 0 aliphatic heterocycles. The summed E-state index contributed by atoms with van der Waals surface area (Å²) >= 11 is 0. The molecule has 0 fully saturated rings. The fourth-order valence-corrected chi connectivity index (χ4v) is 5.34. The van der Waals surface area contributed by atoms with E-state index in [1.165, 1.54) is 51.4 Å². The van der Waals surface area contributed by atoms with Crippen LogP contribution in [0.1, 0.15) is 142 Å². The van der Waals surface area contributed by atoms with Gasteiger partial charge in [0.25, 0.3) is 0 Å². The second-order valence-electron chi connectivity index (χ2n) is 13.6. The maximum Gasteiger partial charge on any atom is 0.303 e. The van der Waals surface area contributed by atoms with Gasteiger partial charge in [0.2, 0.25) is 23.6 Å². The fourth-order valence-electron chi connectivity index (χ4n) is 5.34. The van der Waals surface area contributed by atoms with Gasteiger partial charge in [-0.15, -0.1) is 0 Å².